The molecule has 1 aromatic heterocycles. The maximum atomic E-state index is 14.8. The topological polar surface area (TPSA) is 122 Å². The van der Waals surface area contributed by atoms with Gasteiger partial charge in [-0.05, 0) is 79.1 Å². The monoisotopic (exact) mass is 735 g/mol. The molecule has 2 aliphatic rings. The van der Waals surface area contributed by atoms with Crippen molar-refractivity contribution in [3.8, 4) is 11.5 Å². The van der Waals surface area contributed by atoms with Gasteiger partial charge in [0.2, 0.25) is 0 Å². The fraction of sp³-hybridized carbons (Fsp3) is 0.333. The number of carbonyl (C=O) groups excluding carboxylic acids is 1. The van der Waals surface area contributed by atoms with Crippen molar-refractivity contribution in [1.29, 1.82) is 0 Å². The highest BCUT2D eigenvalue weighted by Gasteiger charge is 2.40. The second kappa shape index (κ2) is 11.6. The Morgan fingerprint density at radius 2 is 1.81 bits per heavy atom. The Labute approximate surface area is 257 Å². The first-order valence-corrected chi connectivity index (χ1v) is 15.6. The zero-order valence-electron chi connectivity index (χ0n) is 22.8. The minimum Gasteiger partial charge on any atom is -0.455 e. The Morgan fingerprint density at radius 1 is 1.12 bits per heavy atom. The molecule has 1 aliphatic heterocycles. The SMILES string of the molecule is Cc1c(Oc2cccc(NS(=O)(=O)N3CCC3)c2C(F)(F)F)c(C(=O)NC2CC2)c(Nc2ccc(I)cc2F)n(C)c1=O. The van der Waals surface area contributed by atoms with Crippen LogP contribution < -0.4 is 25.7 Å². The average Bonchev–Trinajstić information content (AvgIpc) is 3.68. The molecular weight excluding hydrogens is 709 g/mol. The van der Waals surface area contributed by atoms with Crippen LogP contribution in [0.4, 0.5) is 34.8 Å². The predicted octanol–water partition coefficient (Wildman–Crippen LogP) is 5.25. The van der Waals surface area contributed by atoms with E-state index in [1.54, 1.807) is 6.07 Å². The van der Waals surface area contributed by atoms with Crippen LogP contribution in [-0.4, -0.2) is 42.3 Å². The van der Waals surface area contributed by atoms with Gasteiger partial charge < -0.3 is 15.4 Å². The fourth-order valence-corrected chi connectivity index (χ4v) is 6.21. The third kappa shape index (κ3) is 6.45. The zero-order valence-corrected chi connectivity index (χ0v) is 25.8. The number of hydrogen-bond donors (Lipinski definition) is 3. The minimum absolute atomic E-state index is 0.0935. The third-order valence-electron chi connectivity index (χ3n) is 7.00. The predicted molar refractivity (Wildman–Crippen MR) is 160 cm³/mol. The molecule has 2 fully saturated rings. The van der Waals surface area contributed by atoms with Crippen molar-refractivity contribution >= 4 is 55.9 Å². The van der Waals surface area contributed by atoms with E-state index < -0.39 is 56.4 Å². The lowest BCUT2D eigenvalue weighted by Gasteiger charge is -2.30. The summed E-state index contributed by atoms with van der Waals surface area (Å²) in [6.45, 7) is 1.61. The number of hydrogen-bond acceptors (Lipinski definition) is 6. The summed E-state index contributed by atoms with van der Waals surface area (Å²) in [5.41, 5.74) is -3.59. The van der Waals surface area contributed by atoms with Crippen LogP contribution in [0, 0.1) is 16.3 Å². The van der Waals surface area contributed by atoms with Crippen LogP contribution in [0.1, 0.15) is 40.7 Å². The number of alkyl halides is 3. The molecule has 0 radical (unpaired) electrons. The molecule has 3 N–H and O–H groups in total. The number of pyridine rings is 1. The molecule has 0 bridgehead atoms. The molecule has 0 unspecified atom stereocenters. The Bertz CT molecular complexity index is 1770. The molecule has 1 amide bonds. The molecule has 43 heavy (non-hydrogen) atoms. The molecule has 2 aromatic carbocycles. The van der Waals surface area contributed by atoms with Gasteiger partial charge in [-0.25, -0.2) is 4.39 Å². The van der Waals surface area contributed by atoms with Crippen LogP contribution in [0.25, 0.3) is 0 Å². The van der Waals surface area contributed by atoms with Gasteiger partial charge in [-0.3, -0.25) is 18.9 Å². The van der Waals surface area contributed by atoms with Gasteiger partial charge in [0.1, 0.15) is 28.5 Å². The molecular formula is C27H26F4IN5O5S. The van der Waals surface area contributed by atoms with Gasteiger partial charge in [-0.2, -0.15) is 25.9 Å². The number of halogens is 5. The molecule has 1 saturated carbocycles. The highest BCUT2D eigenvalue weighted by molar-refractivity contribution is 14.1. The normalized spacial score (nSPS) is 15.5. The number of anilines is 3. The summed E-state index contributed by atoms with van der Waals surface area (Å²) >= 11 is 1.91. The molecule has 1 aliphatic carbocycles. The number of amides is 1. The van der Waals surface area contributed by atoms with E-state index in [4.69, 9.17) is 4.74 Å². The first kappa shape index (κ1) is 31.1. The molecule has 5 rings (SSSR count). The van der Waals surface area contributed by atoms with E-state index >= 15 is 0 Å². The Hall–Kier alpha value is -3.38. The first-order chi connectivity index (χ1) is 20.2. The molecule has 10 nitrogen and oxygen atoms in total. The Morgan fingerprint density at radius 3 is 2.40 bits per heavy atom. The van der Waals surface area contributed by atoms with E-state index in [-0.39, 0.29) is 41.8 Å². The van der Waals surface area contributed by atoms with Crippen molar-refractivity contribution in [3.63, 3.8) is 0 Å². The highest BCUT2D eigenvalue weighted by Crippen LogP contribution is 2.45. The van der Waals surface area contributed by atoms with E-state index in [0.29, 0.717) is 22.8 Å². The number of benzene rings is 2. The second-order valence-electron chi connectivity index (χ2n) is 10.2. The molecule has 230 valence electrons. The van der Waals surface area contributed by atoms with Crippen molar-refractivity contribution < 1.29 is 35.5 Å². The molecule has 0 spiro atoms. The van der Waals surface area contributed by atoms with Crippen LogP contribution in [0.3, 0.4) is 0 Å². The number of ether oxygens (including phenoxy) is 1. The maximum absolute atomic E-state index is 14.8. The minimum atomic E-state index is -5.11. The Balaban J connectivity index is 1.67. The quantitative estimate of drug-likeness (QED) is 0.204. The summed E-state index contributed by atoms with van der Waals surface area (Å²) in [6, 6.07) is 7.05. The fourth-order valence-electron chi connectivity index (χ4n) is 4.44. The third-order valence-corrected chi connectivity index (χ3v) is 9.20. The number of aromatic nitrogens is 1. The smallest absolute Gasteiger partial charge is 0.422 e. The van der Waals surface area contributed by atoms with E-state index in [2.05, 4.69) is 10.6 Å². The lowest BCUT2D eigenvalue weighted by atomic mass is 10.1. The summed E-state index contributed by atoms with van der Waals surface area (Å²) in [6.07, 6.45) is -3.18. The second-order valence-corrected chi connectivity index (χ2v) is 13.1. The Kier molecular flexibility index (Phi) is 8.38. The first-order valence-electron chi connectivity index (χ1n) is 13.1. The van der Waals surface area contributed by atoms with E-state index in [0.717, 1.165) is 27.1 Å². The largest absolute Gasteiger partial charge is 0.455 e. The number of nitrogens with one attached hydrogen (secondary N) is 3. The molecule has 16 heteroatoms. The molecule has 2 heterocycles. The van der Waals surface area contributed by atoms with Crippen molar-refractivity contribution in [1.82, 2.24) is 14.2 Å². The summed E-state index contributed by atoms with van der Waals surface area (Å²) in [5.74, 6) is -3.01. The molecule has 0 atom stereocenters. The van der Waals surface area contributed by atoms with Gasteiger partial charge in [-0.1, -0.05) is 6.07 Å². The van der Waals surface area contributed by atoms with Gasteiger partial charge in [0.05, 0.1) is 16.9 Å². The van der Waals surface area contributed by atoms with Crippen LogP contribution in [0.15, 0.2) is 41.2 Å². The standard InChI is InChI=1S/C27H26F4IN5O5S/c1-14-23(42-20-6-3-5-19(22(20)27(29,30)31)35-43(40,41)37-11-4-12-37)21(25(38)33-16-8-9-16)24(36(2)26(14)39)34-18-10-7-15(32)13-17(18)28/h3,5-7,10,13,16,34-35H,4,8-9,11-12H2,1-2H3,(H,33,38). The van der Waals surface area contributed by atoms with Crippen LogP contribution in [0.2, 0.25) is 0 Å². The molecule has 1 saturated heterocycles. The highest BCUT2D eigenvalue weighted by atomic mass is 127. The maximum Gasteiger partial charge on any atom is 0.422 e. The lowest BCUT2D eigenvalue weighted by Crippen LogP contribution is -2.45. The summed E-state index contributed by atoms with van der Waals surface area (Å²) in [4.78, 5) is 26.8. The van der Waals surface area contributed by atoms with Crippen molar-refractivity contribution in [2.24, 2.45) is 7.05 Å². The van der Waals surface area contributed by atoms with Gasteiger partial charge in [0.15, 0.2) is 5.75 Å². The van der Waals surface area contributed by atoms with Crippen LogP contribution >= 0.6 is 22.6 Å². The van der Waals surface area contributed by atoms with Gasteiger partial charge in [-0.15, -0.1) is 0 Å². The summed E-state index contributed by atoms with van der Waals surface area (Å²) in [7, 11) is -2.96. The van der Waals surface area contributed by atoms with Crippen molar-refractivity contribution in [3.05, 3.63) is 72.8 Å². The summed E-state index contributed by atoms with van der Waals surface area (Å²) < 4.78 is 94.0. The average molecular weight is 735 g/mol. The van der Waals surface area contributed by atoms with Gasteiger partial charge in [0.25, 0.3) is 11.5 Å². The van der Waals surface area contributed by atoms with E-state index in [9.17, 15) is 35.6 Å². The summed E-state index contributed by atoms with van der Waals surface area (Å²) in [5, 5.41) is 5.49. The zero-order chi connectivity index (χ0) is 31.3. The van der Waals surface area contributed by atoms with Crippen molar-refractivity contribution in [2.75, 3.05) is 23.1 Å². The van der Waals surface area contributed by atoms with Gasteiger partial charge >= 0.3 is 16.4 Å². The number of rotatable bonds is 9. The number of nitrogens with zero attached hydrogens (tertiary/aromatic N) is 2. The molecule has 3 aromatic rings. The van der Waals surface area contributed by atoms with E-state index in [1.165, 1.54) is 26.1 Å². The van der Waals surface area contributed by atoms with Gasteiger partial charge in [0, 0.05) is 29.7 Å². The van der Waals surface area contributed by atoms with Crippen LogP contribution in [-0.2, 0) is 23.4 Å². The number of carbonyl (C=O) groups is 1. The van der Waals surface area contributed by atoms with Crippen molar-refractivity contribution in [2.45, 2.75) is 38.4 Å². The van der Waals surface area contributed by atoms with E-state index in [1.807, 2.05) is 27.3 Å². The van der Waals surface area contributed by atoms with Crippen LogP contribution in [0.5, 0.6) is 11.5 Å². The lowest BCUT2D eigenvalue weighted by molar-refractivity contribution is -0.137.